The molecule has 0 spiro atoms. The van der Waals surface area contributed by atoms with Crippen LogP contribution in [0.15, 0.2) is 22.9 Å². The molecule has 2 aromatic heterocycles. The minimum absolute atomic E-state index is 0.0663. The Balaban J connectivity index is 1.46. The maximum atomic E-state index is 12.1. The second kappa shape index (κ2) is 8.35. The Hall–Kier alpha value is -2.06. The lowest BCUT2D eigenvalue weighted by Crippen LogP contribution is -2.36. The van der Waals surface area contributed by atoms with Crippen molar-refractivity contribution in [2.45, 2.75) is 19.6 Å². The van der Waals surface area contributed by atoms with Gasteiger partial charge in [0, 0.05) is 24.4 Å². The van der Waals surface area contributed by atoms with Crippen LogP contribution in [0.3, 0.4) is 0 Å². The molecule has 0 radical (unpaired) electrons. The highest BCUT2D eigenvalue weighted by atomic mass is 32.2. The van der Waals surface area contributed by atoms with E-state index in [4.69, 9.17) is 9.26 Å². The number of pyridine rings is 1. The van der Waals surface area contributed by atoms with Gasteiger partial charge in [0.2, 0.25) is 5.91 Å². The van der Waals surface area contributed by atoms with Crippen LogP contribution in [0.2, 0.25) is 0 Å². The molecule has 0 saturated carbocycles. The number of aryl methyl sites for hydroxylation is 2. The molecule has 1 aliphatic rings. The van der Waals surface area contributed by atoms with Crippen molar-refractivity contribution in [2.24, 2.45) is 0 Å². The number of nitrogens with zero attached hydrogens (tertiary/aromatic N) is 3. The van der Waals surface area contributed by atoms with E-state index >= 15 is 0 Å². The standard InChI is InChI=1S/C17H22N4O3S/c1-12-15(13(2)24-20-12)10-25-11-17(22)19-16-4-3-14(9-18-16)21-5-7-23-8-6-21/h3-4,9H,5-8,10-11H2,1-2H3,(H,18,19,22). The van der Waals surface area contributed by atoms with Gasteiger partial charge in [0.15, 0.2) is 0 Å². The summed E-state index contributed by atoms with van der Waals surface area (Å²) in [6, 6.07) is 3.81. The van der Waals surface area contributed by atoms with Gasteiger partial charge in [-0.25, -0.2) is 4.98 Å². The number of carbonyl (C=O) groups excluding carboxylic acids is 1. The number of hydrogen-bond donors (Lipinski definition) is 1. The zero-order chi connectivity index (χ0) is 17.6. The van der Waals surface area contributed by atoms with Crippen molar-refractivity contribution < 1.29 is 14.1 Å². The fraction of sp³-hybridized carbons (Fsp3) is 0.471. The Morgan fingerprint density at radius 1 is 1.32 bits per heavy atom. The lowest BCUT2D eigenvalue weighted by Gasteiger charge is -2.28. The summed E-state index contributed by atoms with van der Waals surface area (Å²) in [6.07, 6.45) is 1.79. The van der Waals surface area contributed by atoms with Crippen LogP contribution in [-0.4, -0.2) is 48.1 Å². The van der Waals surface area contributed by atoms with Crippen molar-refractivity contribution >= 4 is 29.2 Å². The third-order valence-electron chi connectivity index (χ3n) is 4.05. The second-order valence-electron chi connectivity index (χ2n) is 5.84. The third-order valence-corrected chi connectivity index (χ3v) is 5.01. The van der Waals surface area contributed by atoms with E-state index in [0.29, 0.717) is 17.3 Å². The Morgan fingerprint density at radius 3 is 2.76 bits per heavy atom. The van der Waals surface area contributed by atoms with Crippen LogP contribution in [-0.2, 0) is 15.3 Å². The van der Waals surface area contributed by atoms with E-state index in [1.165, 1.54) is 11.8 Å². The van der Waals surface area contributed by atoms with Crippen LogP contribution in [0, 0.1) is 13.8 Å². The number of aromatic nitrogens is 2. The molecule has 0 atom stereocenters. The normalized spacial score (nSPS) is 14.6. The molecule has 3 rings (SSSR count). The number of rotatable bonds is 6. The van der Waals surface area contributed by atoms with E-state index in [2.05, 4.69) is 20.4 Å². The van der Waals surface area contributed by atoms with Gasteiger partial charge in [0.05, 0.1) is 36.5 Å². The van der Waals surface area contributed by atoms with Crippen LogP contribution in [0.1, 0.15) is 17.0 Å². The van der Waals surface area contributed by atoms with Crippen LogP contribution < -0.4 is 10.2 Å². The summed E-state index contributed by atoms with van der Waals surface area (Å²) in [5.41, 5.74) is 2.99. The highest BCUT2D eigenvalue weighted by Crippen LogP contribution is 2.20. The number of amides is 1. The predicted molar refractivity (Wildman–Crippen MR) is 98.0 cm³/mol. The number of nitrogens with one attached hydrogen (secondary N) is 1. The molecule has 0 aliphatic carbocycles. The van der Waals surface area contributed by atoms with Crippen LogP contribution in [0.4, 0.5) is 11.5 Å². The lowest BCUT2D eigenvalue weighted by atomic mass is 10.2. The maximum Gasteiger partial charge on any atom is 0.235 e. The summed E-state index contributed by atoms with van der Waals surface area (Å²) in [6.45, 7) is 7.00. The van der Waals surface area contributed by atoms with Gasteiger partial charge in [0.1, 0.15) is 11.6 Å². The summed E-state index contributed by atoms with van der Waals surface area (Å²) >= 11 is 1.53. The highest BCUT2D eigenvalue weighted by Gasteiger charge is 2.13. The molecule has 1 N–H and O–H groups in total. The summed E-state index contributed by atoms with van der Waals surface area (Å²) < 4.78 is 10.5. The van der Waals surface area contributed by atoms with E-state index in [0.717, 1.165) is 49.0 Å². The fourth-order valence-electron chi connectivity index (χ4n) is 2.60. The molecular formula is C17H22N4O3S. The third kappa shape index (κ3) is 4.73. The number of thioether (sulfide) groups is 1. The van der Waals surface area contributed by atoms with Crippen LogP contribution >= 0.6 is 11.8 Å². The van der Waals surface area contributed by atoms with Crippen molar-refractivity contribution in [3.05, 3.63) is 35.3 Å². The molecule has 134 valence electrons. The number of anilines is 2. The van der Waals surface area contributed by atoms with E-state index in [9.17, 15) is 4.79 Å². The van der Waals surface area contributed by atoms with Crippen LogP contribution in [0.25, 0.3) is 0 Å². The van der Waals surface area contributed by atoms with Gasteiger partial charge in [0.25, 0.3) is 0 Å². The molecule has 0 aromatic carbocycles. The van der Waals surface area contributed by atoms with Gasteiger partial charge >= 0.3 is 0 Å². The van der Waals surface area contributed by atoms with Gasteiger partial charge < -0.3 is 19.5 Å². The molecule has 8 heteroatoms. The second-order valence-corrected chi connectivity index (χ2v) is 6.83. The van der Waals surface area contributed by atoms with Gasteiger partial charge in [-0.2, -0.15) is 0 Å². The molecule has 1 fully saturated rings. The minimum atomic E-state index is -0.0663. The van der Waals surface area contributed by atoms with Crippen molar-refractivity contribution in [1.29, 1.82) is 0 Å². The van der Waals surface area contributed by atoms with E-state index in [-0.39, 0.29) is 5.91 Å². The molecular weight excluding hydrogens is 340 g/mol. The molecule has 7 nitrogen and oxygen atoms in total. The average molecular weight is 362 g/mol. The number of morpholine rings is 1. The summed E-state index contributed by atoms with van der Waals surface area (Å²) in [7, 11) is 0. The first-order chi connectivity index (χ1) is 12.1. The van der Waals surface area contributed by atoms with E-state index < -0.39 is 0 Å². The first kappa shape index (κ1) is 17.8. The van der Waals surface area contributed by atoms with Gasteiger partial charge in [-0.3, -0.25) is 4.79 Å². The molecule has 2 aromatic rings. The predicted octanol–water partition coefficient (Wildman–Crippen LogP) is 2.39. The topological polar surface area (TPSA) is 80.5 Å². The smallest absolute Gasteiger partial charge is 0.235 e. The zero-order valence-electron chi connectivity index (χ0n) is 14.4. The van der Waals surface area contributed by atoms with Crippen molar-refractivity contribution in [3.63, 3.8) is 0 Å². The van der Waals surface area contributed by atoms with Crippen molar-refractivity contribution in [1.82, 2.24) is 10.1 Å². The van der Waals surface area contributed by atoms with Crippen LogP contribution in [0.5, 0.6) is 0 Å². The molecule has 1 amide bonds. The van der Waals surface area contributed by atoms with Crippen molar-refractivity contribution in [2.75, 3.05) is 42.3 Å². The fourth-order valence-corrected chi connectivity index (χ4v) is 3.58. The molecule has 1 aliphatic heterocycles. The minimum Gasteiger partial charge on any atom is -0.378 e. The zero-order valence-corrected chi connectivity index (χ0v) is 15.3. The molecule has 0 bridgehead atoms. The number of ether oxygens (including phenoxy) is 1. The highest BCUT2D eigenvalue weighted by molar-refractivity contribution is 7.99. The SMILES string of the molecule is Cc1noc(C)c1CSCC(=O)Nc1ccc(N2CCOCC2)cn1. The molecule has 1 saturated heterocycles. The first-order valence-electron chi connectivity index (χ1n) is 8.21. The van der Waals surface area contributed by atoms with Crippen molar-refractivity contribution in [3.8, 4) is 0 Å². The monoisotopic (exact) mass is 362 g/mol. The van der Waals surface area contributed by atoms with Gasteiger partial charge in [-0.15, -0.1) is 11.8 Å². The first-order valence-corrected chi connectivity index (χ1v) is 9.37. The quantitative estimate of drug-likeness (QED) is 0.845. The van der Waals surface area contributed by atoms with Gasteiger partial charge in [-0.05, 0) is 26.0 Å². The molecule has 3 heterocycles. The Morgan fingerprint density at radius 2 is 2.12 bits per heavy atom. The van der Waals surface area contributed by atoms with Gasteiger partial charge in [-0.1, -0.05) is 5.16 Å². The summed E-state index contributed by atoms with van der Waals surface area (Å²) in [5.74, 6) is 2.38. The maximum absolute atomic E-state index is 12.1. The molecule has 0 unspecified atom stereocenters. The Kier molecular flexibility index (Phi) is 5.93. The summed E-state index contributed by atoms with van der Waals surface area (Å²) in [4.78, 5) is 18.6. The number of hydrogen-bond acceptors (Lipinski definition) is 7. The Labute approximate surface area is 151 Å². The lowest BCUT2D eigenvalue weighted by molar-refractivity contribution is -0.113. The Bertz CT molecular complexity index is 692. The molecule has 25 heavy (non-hydrogen) atoms. The number of carbonyl (C=O) groups is 1. The average Bonchev–Trinajstić information content (AvgIpc) is 2.95. The van der Waals surface area contributed by atoms with E-state index in [1.54, 1.807) is 6.20 Å². The summed E-state index contributed by atoms with van der Waals surface area (Å²) in [5, 5.41) is 6.75. The van der Waals surface area contributed by atoms with E-state index in [1.807, 2.05) is 26.0 Å². The largest absolute Gasteiger partial charge is 0.378 e.